The maximum atomic E-state index is 12.5. The average molecular weight is 360 g/mol. The summed E-state index contributed by atoms with van der Waals surface area (Å²) >= 11 is 3.45. The van der Waals surface area contributed by atoms with Crippen LogP contribution < -0.4 is 5.32 Å². The molecule has 114 valence electrons. The van der Waals surface area contributed by atoms with E-state index in [-0.39, 0.29) is 5.91 Å². The summed E-state index contributed by atoms with van der Waals surface area (Å²) in [6.07, 6.45) is 9.72. The smallest absolute Gasteiger partial charge is 0.270 e. The number of halogens is 1. The molecule has 1 amide bonds. The Bertz CT molecular complexity index is 733. The van der Waals surface area contributed by atoms with Crippen LogP contribution in [-0.4, -0.2) is 21.9 Å². The predicted molar refractivity (Wildman–Crippen MR) is 88.6 cm³/mol. The lowest BCUT2D eigenvalue weighted by molar-refractivity contribution is 0.0904. The van der Waals surface area contributed by atoms with Crippen molar-refractivity contribution in [2.45, 2.75) is 38.1 Å². The second kappa shape index (κ2) is 5.61. The quantitative estimate of drug-likeness (QED) is 0.889. The molecule has 2 fully saturated rings. The lowest BCUT2D eigenvalue weighted by Gasteiger charge is -2.29. The molecule has 0 aromatic carbocycles. The van der Waals surface area contributed by atoms with E-state index in [2.05, 4.69) is 31.2 Å². The molecule has 2 saturated carbocycles. The van der Waals surface area contributed by atoms with Crippen LogP contribution in [0, 0.1) is 11.8 Å². The van der Waals surface area contributed by atoms with Gasteiger partial charge in [0.15, 0.2) is 0 Å². The van der Waals surface area contributed by atoms with Crippen molar-refractivity contribution in [3.8, 4) is 0 Å². The van der Waals surface area contributed by atoms with Crippen molar-refractivity contribution >= 4 is 32.7 Å². The highest BCUT2D eigenvalue weighted by molar-refractivity contribution is 9.10. The second-order valence-electron chi connectivity index (χ2n) is 6.49. The van der Waals surface area contributed by atoms with Crippen LogP contribution >= 0.6 is 15.9 Å². The fourth-order valence-electron chi connectivity index (χ4n) is 3.96. The third kappa shape index (κ3) is 2.51. The standard InChI is InChI=1S/C17H18BrN3O/c18-13-9-19-8-12-4-6-15(20-16(12)13)17(22)21-14-5-2-10-1-3-11(14)7-10/h4,6,8-11,14H,1-3,5,7H2,(H,21,22). The van der Waals surface area contributed by atoms with Crippen molar-refractivity contribution in [3.05, 3.63) is 34.7 Å². The largest absolute Gasteiger partial charge is 0.348 e. The number of carbonyl (C=O) groups excluding carboxylic acids is 1. The van der Waals surface area contributed by atoms with Crippen LogP contribution in [0.25, 0.3) is 10.9 Å². The molecule has 4 nitrogen and oxygen atoms in total. The van der Waals surface area contributed by atoms with Gasteiger partial charge < -0.3 is 5.32 Å². The van der Waals surface area contributed by atoms with Crippen molar-refractivity contribution in [1.82, 2.24) is 15.3 Å². The van der Waals surface area contributed by atoms with Crippen molar-refractivity contribution in [2.24, 2.45) is 11.8 Å². The zero-order valence-electron chi connectivity index (χ0n) is 12.3. The molecule has 3 atom stereocenters. The van der Waals surface area contributed by atoms with Gasteiger partial charge in [-0.3, -0.25) is 9.78 Å². The van der Waals surface area contributed by atoms with E-state index in [1.807, 2.05) is 6.07 Å². The number of amides is 1. The van der Waals surface area contributed by atoms with Crippen molar-refractivity contribution < 1.29 is 4.79 Å². The third-order valence-electron chi connectivity index (χ3n) is 5.14. The molecule has 2 aromatic rings. The molecule has 2 heterocycles. The molecule has 4 rings (SSSR count). The number of aromatic nitrogens is 2. The van der Waals surface area contributed by atoms with Crippen LogP contribution in [-0.2, 0) is 0 Å². The first-order chi connectivity index (χ1) is 10.7. The molecule has 0 aliphatic heterocycles. The van der Waals surface area contributed by atoms with Gasteiger partial charge in [0.2, 0.25) is 0 Å². The summed E-state index contributed by atoms with van der Waals surface area (Å²) in [7, 11) is 0. The van der Waals surface area contributed by atoms with Crippen LogP contribution in [0.2, 0.25) is 0 Å². The second-order valence-corrected chi connectivity index (χ2v) is 7.34. The SMILES string of the molecule is O=C(NC1CCC2CCC1C2)c1ccc2cncc(Br)c2n1. The van der Waals surface area contributed by atoms with E-state index in [0.717, 1.165) is 27.7 Å². The first-order valence-electron chi connectivity index (χ1n) is 7.92. The van der Waals surface area contributed by atoms with Gasteiger partial charge in [0.1, 0.15) is 5.69 Å². The molecule has 2 aromatic heterocycles. The van der Waals surface area contributed by atoms with E-state index in [0.29, 0.717) is 17.7 Å². The van der Waals surface area contributed by atoms with Gasteiger partial charge in [-0.15, -0.1) is 0 Å². The van der Waals surface area contributed by atoms with E-state index in [4.69, 9.17) is 0 Å². The Hall–Kier alpha value is -1.49. The Labute approximate surface area is 137 Å². The minimum absolute atomic E-state index is 0.0547. The first kappa shape index (κ1) is 14.1. The maximum absolute atomic E-state index is 12.5. The molecule has 22 heavy (non-hydrogen) atoms. The summed E-state index contributed by atoms with van der Waals surface area (Å²) in [5, 5.41) is 4.15. The summed E-state index contributed by atoms with van der Waals surface area (Å²) in [5.74, 6) is 1.51. The van der Waals surface area contributed by atoms with E-state index in [1.165, 1.54) is 25.7 Å². The zero-order chi connectivity index (χ0) is 15.1. The van der Waals surface area contributed by atoms with Crippen LogP contribution in [0.5, 0.6) is 0 Å². The number of carbonyl (C=O) groups is 1. The van der Waals surface area contributed by atoms with Crippen LogP contribution in [0.15, 0.2) is 29.0 Å². The molecule has 0 spiro atoms. The van der Waals surface area contributed by atoms with Crippen LogP contribution in [0.4, 0.5) is 0 Å². The monoisotopic (exact) mass is 359 g/mol. The van der Waals surface area contributed by atoms with Gasteiger partial charge in [-0.05, 0) is 65.6 Å². The molecule has 3 unspecified atom stereocenters. The Balaban J connectivity index is 1.56. The van der Waals surface area contributed by atoms with E-state index in [1.54, 1.807) is 18.5 Å². The zero-order valence-corrected chi connectivity index (χ0v) is 13.8. The Morgan fingerprint density at radius 3 is 2.95 bits per heavy atom. The van der Waals surface area contributed by atoms with Gasteiger partial charge in [-0.1, -0.05) is 6.42 Å². The Morgan fingerprint density at radius 1 is 1.18 bits per heavy atom. The van der Waals surface area contributed by atoms with Gasteiger partial charge in [-0.25, -0.2) is 4.98 Å². The van der Waals surface area contributed by atoms with Gasteiger partial charge in [0.05, 0.1) is 9.99 Å². The Morgan fingerprint density at radius 2 is 2.05 bits per heavy atom. The molecule has 1 N–H and O–H groups in total. The summed E-state index contributed by atoms with van der Waals surface area (Å²) in [5.41, 5.74) is 1.27. The highest BCUT2D eigenvalue weighted by Crippen LogP contribution is 2.42. The van der Waals surface area contributed by atoms with Crippen molar-refractivity contribution in [2.75, 3.05) is 0 Å². The summed E-state index contributed by atoms with van der Waals surface area (Å²) in [4.78, 5) is 21.2. The highest BCUT2D eigenvalue weighted by atomic mass is 79.9. The fourth-order valence-corrected chi connectivity index (χ4v) is 4.40. The topological polar surface area (TPSA) is 54.9 Å². The first-order valence-corrected chi connectivity index (χ1v) is 8.71. The molecule has 0 saturated heterocycles. The third-order valence-corrected chi connectivity index (χ3v) is 5.72. The average Bonchev–Trinajstić information content (AvgIpc) is 2.93. The lowest BCUT2D eigenvalue weighted by atomic mass is 9.85. The number of nitrogens with zero attached hydrogens (tertiary/aromatic N) is 2. The van der Waals surface area contributed by atoms with E-state index < -0.39 is 0 Å². The normalized spacial score (nSPS) is 27.0. The molecular formula is C17H18BrN3O. The van der Waals surface area contributed by atoms with Crippen molar-refractivity contribution in [3.63, 3.8) is 0 Å². The van der Waals surface area contributed by atoms with Gasteiger partial charge in [-0.2, -0.15) is 0 Å². The van der Waals surface area contributed by atoms with Gasteiger partial charge in [0.25, 0.3) is 5.91 Å². The number of hydrogen-bond donors (Lipinski definition) is 1. The lowest BCUT2D eigenvalue weighted by Crippen LogP contribution is -2.41. The highest BCUT2D eigenvalue weighted by Gasteiger charge is 2.36. The maximum Gasteiger partial charge on any atom is 0.270 e. The minimum Gasteiger partial charge on any atom is -0.348 e. The molecule has 5 heteroatoms. The molecular weight excluding hydrogens is 342 g/mol. The number of hydrogen-bond acceptors (Lipinski definition) is 3. The fraction of sp³-hybridized carbons (Fsp3) is 0.471. The molecule has 2 bridgehead atoms. The van der Waals surface area contributed by atoms with E-state index >= 15 is 0 Å². The number of nitrogens with one attached hydrogen (secondary N) is 1. The van der Waals surface area contributed by atoms with Gasteiger partial charge in [0, 0.05) is 23.8 Å². The predicted octanol–water partition coefficient (Wildman–Crippen LogP) is 3.70. The molecule has 2 aliphatic carbocycles. The minimum atomic E-state index is -0.0547. The summed E-state index contributed by atoms with van der Waals surface area (Å²) in [6.45, 7) is 0. The number of fused-ring (bicyclic) bond motifs is 3. The van der Waals surface area contributed by atoms with E-state index in [9.17, 15) is 4.79 Å². The van der Waals surface area contributed by atoms with Crippen LogP contribution in [0.1, 0.15) is 42.6 Å². The van der Waals surface area contributed by atoms with Gasteiger partial charge >= 0.3 is 0 Å². The van der Waals surface area contributed by atoms with Crippen molar-refractivity contribution in [1.29, 1.82) is 0 Å². The number of rotatable bonds is 2. The summed E-state index contributed by atoms with van der Waals surface area (Å²) in [6, 6.07) is 4.01. The summed E-state index contributed by atoms with van der Waals surface area (Å²) < 4.78 is 0.816. The van der Waals surface area contributed by atoms with Crippen LogP contribution in [0.3, 0.4) is 0 Å². The number of pyridine rings is 2. The molecule has 0 radical (unpaired) electrons. The molecule has 2 aliphatic rings. The Kier molecular flexibility index (Phi) is 3.60.